The summed E-state index contributed by atoms with van der Waals surface area (Å²) in [6.45, 7) is 11.5. The summed E-state index contributed by atoms with van der Waals surface area (Å²) in [5, 5.41) is 1.00. The molecule has 0 spiro atoms. The number of aryl methyl sites for hydroxylation is 2. The first-order valence-corrected chi connectivity index (χ1v) is 15.6. The third-order valence-corrected chi connectivity index (χ3v) is 9.99. The molecule has 0 N–H and O–H groups in total. The van der Waals surface area contributed by atoms with Crippen molar-refractivity contribution in [2.45, 2.75) is 58.8 Å². The number of thiocarbonyl (C=S) groups is 1. The van der Waals surface area contributed by atoms with Gasteiger partial charge in [-0.2, -0.15) is 0 Å². The molecule has 3 aliphatic rings. The van der Waals surface area contributed by atoms with Crippen molar-refractivity contribution in [2.75, 3.05) is 23.7 Å². The fraction of sp³-hybridized carbons (Fsp3) is 0.462. The number of anilines is 1. The molecule has 0 radical (unpaired) electrons. The van der Waals surface area contributed by atoms with E-state index in [0.717, 1.165) is 50.1 Å². The van der Waals surface area contributed by atoms with E-state index in [-0.39, 0.29) is 74.9 Å². The summed E-state index contributed by atoms with van der Waals surface area (Å²) in [5.74, 6) is -0.404. The van der Waals surface area contributed by atoms with Crippen LogP contribution in [0.5, 0.6) is 0 Å². The summed E-state index contributed by atoms with van der Waals surface area (Å²) in [6.07, 6.45) is 6.19. The number of fused-ring (bicyclic) bond motifs is 1. The van der Waals surface area contributed by atoms with Crippen LogP contribution >= 0.6 is 35.7 Å². The fourth-order valence-corrected chi connectivity index (χ4v) is 7.96. The first kappa shape index (κ1) is 31.6. The van der Waals surface area contributed by atoms with E-state index in [2.05, 4.69) is 56.9 Å². The predicted octanol–water partition coefficient (Wildman–Crippen LogP) is 2.88. The summed E-state index contributed by atoms with van der Waals surface area (Å²) in [7, 11) is -4.27. The molecule has 4 rings (SSSR count). The molecule has 1 aromatic rings. The van der Waals surface area contributed by atoms with Gasteiger partial charge in [-0.05, 0) is 85.9 Å². The summed E-state index contributed by atoms with van der Waals surface area (Å²) in [6, 6.07) is 4.29. The minimum atomic E-state index is -4.27. The van der Waals surface area contributed by atoms with Gasteiger partial charge in [-0.3, -0.25) is 9.69 Å². The van der Waals surface area contributed by atoms with Gasteiger partial charge in [0.25, 0.3) is 5.91 Å². The number of benzene rings is 1. The molecule has 0 bridgehead atoms. The maximum absolute atomic E-state index is 13.0. The molecule has 0 unspecified atom stereocenters. The van der Waals surface area contributed by atoms with Gasteiger partial charge >= 0.3 is 51.4 Å². The van der Waals surface area contributed by atoms with Crippen LogP contribution in [-0.4, -0.2) is 46.9 Å². The first-order chi connectivity index (χ1) is 16.8. The van der Waals surface area contributed by atoms with Crippen molar-refractivity contribution in [2.24, 2.45) is 5.41 Å². The van der Waals surface area contributed by atoms with Crippen molar-refractivity contribution in [3.05, 3.63) is 56.5 Å². The average molecular weight is 603 g/mol. The van der Waals surface area contributed by atoms with Gasteiger partial charge in [0.2, 0.25) is 0 Å². The molecule has 2 aliphatic heterocycles. The first-order valence-electron chi connectivity index (χ1n) is 12.0. The zero-order valence-electron chi connectivity index (χ0n) is 22.2. The molecule has 1 amide bonds. The van der Waals surface area contributed by atoms with Gasteiger partial charge in [0, 0.05) is 23.7 Å². The molecule has 1 aromatic carbocycles. The van der Waals surface area contributed by atoms with E-state index >= 15 is 0 Å². The average Bonchev–Trinajstić information content (AvgIpc) is 3.22. The van der Waals surface area contributed by atoms with Crippen LogP contribution in [-0.2, 0) is 14.9 Å². The van der Waals surface area contributed by atoms with Crippen LogP contribution in [0.15, 0.2) is 50.3 Å². The number of carbonyl (C=O) groups excluding carboxylic acids is 1. The Labute approximate surface area is 276 Å². The summed E-state index contributed by atoms with van der Waals surface area (Å²) in [5.41, 5.74) is 5.50. The Bertz CT molecular complexity index is 1330. The smallest absolute Gasteiger partial charge is 0.748 e. The van der Waals surface area contributed by atoms with E-state index in [4.69, 9.17) is 12.2 Å². The van der Waals surface area contributed by atoms with Gasteiger partial charge in [-0.1, -0.05) is 55.7 Å². The molecule has 194 valence electrons. The molecule has 1 saturated heterocycles. The predicted molar refractivity (Wildman–Crippen MR) is 152 cm³/mol. The van der Waals surface area contributed by atoms with Gasteiger partial charge in [-0.25, -0.2) is 8.42 Å². The Morgan fingerprint density at radius 1 is 1.14 bits per heavy atom. The molecular weight excluding hydrogens is 572 g/mol. The number of hydrogen-bond donors (Lipinski definition) is 0. The Hall–Kier alpha value is 0.0464. The van der Waals surface area contributed by atoms with E-state index in [0.29, 0.717) is 17.4 Å². The number of hydrogen-bond acceptors (Lipinski definition) is 8. The molecule has 1 aliphatic carbocycles. The summed E-state index contributed by atoms with van der Waals surface area (Å²) >= 11 is 8.48. The van der Waals surface area contributed by atoms with Gasteiger partial charge < -0.3 is 9.45 Å². The zero-order valence-corrected chi connectivity index (χ0v) is 28.6. The van der Waals surface area contributed by atoms with Crippen molar-refractivity contribution in [3.63, 3.8) is 0 Å². The van der Waals surface area contributed by atoms with Crippen molar-refractivity contribution in [1.82, 2.24) is 4.90 Å². The molecular formula is C26H31KN2O4S4. The van der Waals surface area contributed by atoms with Crippen molar-refractivity contribution >= 4 is 61.8 Å². The van der Waals surface area contributed by atoms with Crippen molar-refractivity contribution < 1.29 is 69.1 Å². The van der Waals surface area contributed by atoms with Crippen molar-refractivity contribution in [1.29, 1.82) is 0 Å². The standard InChI is InChI=1S/C26H32N2O4S4.K/c1-6-27-24(29)23(35-25(27)33)19-12-18(14-26(4,5)15-19)13-22-28(8-7-9-36(30,31)32)20-10-16(2)17(3)11-21(20)34-22;/h10-13H,6-9,14-15H2,1-5H3,(H,30,31,32);/q;+1/p-1/b22-13?,23-19-;. The minimum Gasteiger partial charge on any atom is -0.748 e. The van der Waals surface area contributed by atoms with Crippen LogP contribution in [0.1, 0.15) is 51.2 Å². The van der Waals surface area contributed by atoms with Gasteiger partial charge in [0.15, 0.2) is 0 Å². The second-order valence-corrected chi connectivity index (χ2v) is 14.5. The molecule has 2 heterocycles. The van der Waals surface area contributed by atoms with Crippen LogP contribution in [0.3, 0.4) is 0 Å². The molecule has 0 atom stereocenters. The Kier molecular flexibility index (Phi) is 10.5. The number of rotatable bonds is 6. The van der Waals surface area contributed by atoms with Crippen LogP contribution in [0.4, 0.5) is 5.69 Å². The molecule has 0 aromatic heterocycles. The van der Waals surface area contributed by atoms with Crippen LogP contribution in [0.2, 0.25) is 0 Å². The monoisotopic (exact) mass is 602 g/mol. The summed E-state index contributed by atoms with van der Waals surface area (Å²) < 4.78 is 34.3. The maximum atomic E-state index is 13.0. The molecule has 11 heteroatoms. The van der Waals surface area contributed by atoms with Gasteiger partial charge in [-0.15, -0.1) is 0 Å². The zero-order chi connectivity index (χ0) is 26.4. The van der Waals surface area contributed by atoms with Crippen molar-refractivity contribution in [3.8, 4) is 0 Å². The normalized spacial score (nSPS) is 22.4. The topological polar surface area (TPSA) is 80.8 Å². The molecule has 1 fully saturated rings. The van der Waals surface area contributed by atoms with Crippen LogP contribution in [0.25, 0.3) is 0 Å². The second-order valence-electron chi connectivity index (χ2n) is 10.3. The van der Waals surface area contributed by atoms with E-state index in [1.54, 1.807) is 16.7 Å². The minimum absolute atomic E-state index is 0. The number of likely N-dealkylation sites (N-methyl/N-ethyl adjacent to an activating group) is 1. The SMILES string of the molecule is CCN1C(=O)/C(=C2\C=C(C=C3Sc4cc(C)c(C)cc4N3CCCS(=O)(=O)[O-])CC(C)(C)C2)SC1=S.[K+]. The quantitative estimate of drug-likeness (QED) is 0.213. The largest absolute Gasteiger partial charge is 1.00 e. The number of carbonyl (C=O) groups is 1. The van der Waals surface area contributed by atoms with E-state index in [1.807, 2.05) is 6.92 Å². The summed E-state index contributed by atoms with van der Waals surface area (Å²) in [4.78, 5) is 18.6. The maximum Gasteiger partial charge on any atom is 1.00 e. The Balaban J connectivity index is 0.00000380. The number of allylic oxidation sites excluding steroid dienone is 4. The number of thioether (sulfide) groups is 2. The van der Waals surface area contributed by atoms with Gasteiger partial charge in [0.05, 0.1) is 25.7 Å². The van der Waals surface area contributed by atoms with E-state index < -0.39 is 10.1 Å². The van der Waals surface area contributed by atoms with Gasteiger partial charge in [0.1, 0.15) is 4.32 Å². The van der Waals surface area contributed by atoms with E-state index in [9.17, 15) is 17.8 Å². The van der Waals surface area contributed by atoms with Crippen LogP contribution in [0, 0.1) is 19.3 Å². The number of nitrogens with zero attached hydrogens (tertiary/aromatic N) is 2. The van der Waals surface area contributed by atoms with E-state index in [1.165, 1.54) is 17.3 Å². The third kappa shape index (κ3) is 7.42. The Morgan fingerprint density at radius 2 is 1.81 bits per heavy atom. The number of amides is 1. The molecule has 37 heavy (non-hydrogen) atoms. The fourth-order valence-electron chi connectivity index (χ4n) is 4.81. The van der Waals surface area contributed by atoms with Crippen LogP contribution < -0.4 is 56.3 Å². The Morgan fingerprint density at radius 3 is 2.43 bits per heavy atom. The third-order valence-electron chi connectivity index (χ3n) is 6.60. The molecule has 6 nitrogen and oxygen atoms in total. The molecule has 0 saturated carbocycles. The second kappa shape index (κ2) is 12.3.